The van der Waals surface area contributed by atoms with E-state index in [2.05, 4.69) is 5.32 Å². The van der Waals surface area contributed by atoms with Crippen molar-refractivity contribution in [2.45, 2.75) is 32.3 Å². The molecule has 0 saturated carbocycles. The monoisotopic (exact) mass is 466 g/mol. The highest BCUT2D eigenvalue weighted by Gasteiger charge is 2.28. The van der Waals surface area contributed by atoms with Crippen LogP contribution in [-0.4, -0.2) is 34.0 Å². The fourth-order valence-electron chi connectivity index (χ4n) is 3.36. The van der Waals surface area contributed by atoms with Crippen LogP contribution in [0.5, 0.6) is 0 Å². The average Bonchev–Trinajstić information content (AvgIpc) is 2.80. The van der Waals surface area contributed by atoms with E-state index in [1.54, 1.807) is 36.4 Å². The molecule has 0 aliphatic carbocycles. The normalized spacial score (nSPS) is 11.2. The lowest BCUT2D eigenvalue weighted by Crippen LogP contribution is -2.42. The molecule has 33 heavy (non-hydrogen) atoms. The first kappa shape index (κ1) is 24.5. The molecule has 0 saturated heterocycles. The molecule has 0 fully saturated rings. The SMILES string of the molecule is Cc1ccc(S(=O)(=O)N(CC(=O)NCCOCc2ccccc2)c2cccc(C)c2C)cc1. The van der Waals surface area contributed by atoms with Crippen molar-refractivity contribution in [3.8, 4) is 0 Å². The summed E-state index contributed by atoms with van der Waals surface area (Å²) in [5.74, 6) is -0.394. The van der Waals surface area contributed by atoms with Gasteiger partial charge in [0.05, 0.1) is 23.8 Å². The van der Waals surface area contributed by atoms with Crippen molar-refractivity contribution >= 4 is 21.6 Å². The molecule has 3 rings (SSSR count). The number of nitrogens with zero attached hydrogens (tertiary/aromatic N) is 1. The summed E-state index contributed by atoms with van der Waals surface area (Å²) in [6.07, 6.45) is 0. The topological polar surface area (TPSA) is 75.7 Å². The highest BCUT2D eigenvalue weighted by Crippen LogP contribution is 2.28. The number of rotatable bonds is 10. The highest BCUT2D eigenvalue weighted by molar-refractivity contribution is 7.92. The van der Waals surface area contributed by atoms with E-state index in [9.17, 15) is 13.2 Å². The molecule has 174 valence electrons. The van der Waals surface area contributed by atoms with Gasteiger partial charge >= 0.3 is 0 Å². The zero-order valence-electron chi connectivity index (χ0n) is 19.2. The zero-order valence-corrected chi connectivity index (χ0v) is 20.1. The maximum atomic E-state index is 13.5. The van der Waals surface area contributed by atoms with Gasteiger partial charge in [-0.25, -0.2) is 8.42 Å². The summed E-state index contributed by atoms with van der Waals surface area (Å²) in [5.41, 5.74) is 4.26. The third-order valence-electron chi connectivity index (χ3n) is 5.42. The van der Waals surface area contributed by atoms with Gasteiger partial charge in [-0.05, 0) is 55.7 Å². The first-order valence-electron chi connectivity index (χ1n) is 10.8. The van der Waals surface area contributed by atoms with Crippen LogP contribution in [0.1, 0.15) is 22.3 Å². The number of benzene rings is 3. The van der Waals surface area contributed by atoms with E-state index in [0.717, 1.165) is 22.3 Å². The second-order valence-corrected chi connectivity index (χ2v) is 9.79. The van der Waals surface area contributed by atoms with Gasteiger partial charge in [0.1, 0.15) is 6.54 Å². The molecule has 0 bridgehead atoms. The van der Waals surface area contributed by atoms with Gasteiger partial charge < -0.3 is 10.1 Å². The molecule has 0 radical (unpaired) electrons. The second kappa shape index (κ2) is 11.1. The summed E-state index contributed by atoms with van der Waals surface area (Å²) in [4.78, 5) is 12.9. The second-order valence-electron chi connectivity index (χ2n) is 7.93. The Morgan fingerprint density at radius 3 is 2.30 bits per heavy atom. The Bertz CT molecular complexity index is 1180. The van der Waals surface area contributed by atoms with Gasteiger partial charge in [-0.3, -0.25) is 9.10 Å². The number of hydrogen-bond acceptors (Lipinski definition) is 4. The van der Waals surface area contributed by atoms with Gasteiger partial charge in [-0.2, -0.15) is 0 Å². The first-order valence-corrected chi connectivity index (χ1v) is 12.3. The molecule has 0 aliphatic rings. The summed E-state index contributed by atoms with van der Waals surface area (Å²) in [5, 5.41) is 2.77. The van der Waals surface area contributed by atoms with Crippen LogP contribution in [0.15, 0.2) is 77.7 Å². The number of carbonyl (C=O) groups is 1. The molecular formula is C26H30N2O4S. The molecule has 1 amide bonds. The molecule has 0 aliphatic heterocycles. The predicted octanol–water partition coefficient (Wildman–Crippen LogP) is 4.14. The summed E-state index contributed by atoms with van der Waals surface area (Å²) in [7, 11) is -3.94. The maximum Gasteiger partial charge on any atom is 0.264 e. The molecule has 7 heteroatoms. The van der Waals surface area contributed by atoms with Crippen molar-refractivity contribution in [3.05, 3.63) is 95.1 Å². The maximum absolute atomic E-state index is 13.5. The van der Waals surface area contributed by atoms with Crippen molar-refractivity contribution in [1.29, 1.82) is 0 Å². The van der Waals surface area contributed by atoms with E-state index in [-0.39, 0.29) is 18.0 Å². The molecule has 0 heterocycles. The van der Waals surface area contributed by atoms with Crippen LogP contribution in [0, 0.1) is 20.8 Å². The predicted molar refractivity (Wildman–Crippen MR) is 131 cm³/mol. The van der Waals surface area contributed by atoms with Gasteiger partial charge in [0.25, 0.3) is 10.0 Å². The van der Waals surface area contributed by atoms with Crippen LogP contribution < -0.4 is 9.62 Å². The summed E-state index contributed by atoms with van der Waals surface area (Å²) in [6, 6.07) is 21.8. The molecule has 0 unspecified atom stereocenters. The zero-order chi connectivity index (χ0) is 23.8. The van der Waals surface area contributed by atoms with Gasteiger partial charge in [0.2, 0.25) is 5.91 Å². The van der Waals surface area contributed by atoms with Crippen LogP contribution in [-0.2, 0) is 26.2 Å². The lowest BCUT2D eigenvalue weighted by atomic mass is 10.1. The van der Waals surface area contributed by atoms with Crippen molar-refractivity contribution in [2.75, 3.05) is 24.0 Å². The van der Waals surface area contributed by atoms with Crippen molar-refractivity contribution in [3.63, 3.8) is 0 Å². The minimum atomic E-state index is -3.94. The molecule has 0 atom stereocenters. The molecule has 1 N–H and O–H groups in total. The number of hydrogen-bond donors (Lipinski definition) is 1. The molecule has 0 spiro atoms. The van der Waals surface area contributed by atoms with Crippen molar-refractivity contribution in [2.24, 2.45) is 0 Å². The highest BCUT2D eigenvalue weighted by atomic mass is 32.2. The smallest absolute Gasteiger partial charge is 0.264 e. The van der Waals surface area contributed by atoms with Gasteiger partial charge in [0, 0.05) is 6.54 Å². The van der Waals surface area contributed by atoms with E-state index in [4.69, 9.17) is 4.74 Å². The Balaban J connectivity index is 1.71. The molecule has 3 aromatic carbocycles. The quantitative estimate of drug-likeness (QED) is 0.456. The Morgan fingerprint density at radius 2 is 1.61 bits per heavy atom. The number of nitrogens with one attached hydrogen (secondary N) is 1. The van der Waals surface area contributed by atoms with Crippen LogP contribution >= 0.6 is 0 Å². The lowest BCUT2D eigenvalue weighted by molar-refractivity contribution is -0.119. The van der Waals surface area contributed by atoms with Crippen LogP contribution in [0.2, 0.25) is 0 Å². The Labute approximate surface area is 196 Å². The van der Waals surface area contributed by atoms with E-state index in [0.29, 0.717) is 18.9 Å². The first-order chi connectivity index (χ1) is 15.8. The number of ether oxygens (including phenoxy) is 1. The largest absolute Gasteiger partial charge is 0.375 e. The number of sulfonamides is 1. The minimum absolute atomic E-state index is 0.146. The van der Waals surface area contributed by atoms with E-state index >= 15 is 0 Å². The van der Waals surface area contributed by atoms with Crippen LogP contribution in [0.25, 0.3) is 0 Å². The van der Waals surface area contributed by atoms with Gasteiger partial charge in [-0.1, -0.05) is 60.2 Å². The molecule has 0 aromatic heterocycles. The summed E-state index contributed by atoms with van der Waals surface area (Å²) < 4.78 is 33.8. The number of anilines is 1. The summed E-state index contributed by atoms with van der Waals surface area (Å²) >= 11 is 0. The molecule has 6 nitrogen and oxygen atoms in total. The Kier molecular flexibility index (Phi) is 8.25. The van der Waals surface area contributed by atoms with Crippen LogP contribution in [0.3, 0.4) is 0 Å². The lowest BCUT2D eigenvalue weighted by Gasteiger charge is -2.26. The van der Waals surface area contributed by atoms with Crippen LogP contribution in [0.4, 0.5) is 5.69 Å². The number of aryl methyl sites for hydroxylation is 2. The standard InChI is InChI=1S/C26H30N2O4S/c1-20-12-14-24(15-13-20)33(30,31)28(25-11-7-8-21(2)22(25)3)18-26(29)27-16-17-32-19-23-9-5-4-6-10-23/h4-15H,16-19H2,1-3H3,(H,27,29). The van der Waals surface area contributed by atoms with Gasteiger partial charge in [-0.15, -0.1) is 0 Å². The summed E-state index contributed by atoms with van der Waals surface area (Å²) in [6.45, 7) is 6.42. The fraction of sp³-hybridized carbons (Fsp3) is 0.269. The number of amides is 1. The van der Waals surface area contributed by atoms with E-state index in [1.807, 2.05) is 57.2 Å². The van der Waals surface area contributed by atoms with E-state index < -0.39 is 15.9 Å². The average molecular weight is 467 g/mol. The van der Waals surface area contributed by atoms with Gasteiger partial charge in [0.15, 0.2) is 0 Å². The fourth-order valence-corrected chi connectivity index (χ4v) is 4.83. The number of carbonyl (C=O) groups excluding carboxylic acids is 1. The van der Waals surface area contributed by atoms with Crippen molar-refractivity contribution in [1.82, 2.24) is 5.32 Å². The van der Waals surface area contributed by atoms with E-state index in [1.165, 1.54) is 4.31 Å². The Morgan fingerprint density at radius 1 is 0.909 bits per heavy atom. The third-order valence-corrected chi connectivity index (χ3v) is 7.20. The minimum Gasteiger partial charge on any atom is -0.375 e. The van der Waals surface area contributed by atoms with Crippen molar-refractivity contribution < 1.29 is 17.9 Å². The molecule has 3 aromatic rings. The Hall–Kier alpha value is -3.16. The molecular weight excluding hydrogens is 436 g/mol. The third kappa shape index (κ3) is 6.43.